The Hall–Kier alpha value is -3.22. The van der Waals surface area contributed by atoms with Crippen molar-refractivity contribution in [3.63, 3.8) is 0 Å². The Morgan fingerprint density at radius 1 is 1.32 bits per heavy atom. The number of nitrogens with zero attached hydrogens (tertiary/aromatic N) is 2. The lowest BCUT2D eigenvalue weighted by Gasteiger charge is -2.25. The van der Waals surface area contributed by atoms with E-state index in [2.05, 4.69) is 20.4 Å². The van der Waals surface area contributed by atoms with Crippen LogP contribution in [0.3, 0.4) is 0 Å². The van der Waals surface area contributed by atoms with Crippen LogP contribution in [0, 0.1) is 0 Å². The lowest BCUT2D eigenvalue weighted by atomic mass is 9.91. The molecular weight excluding hydrogens is 320 g/mol. The van der Waals surface area contributed by atoms with Gasteiger partial charge in [-0.15, -0.1) is 0 Å². The number of hydrogen-bond acceptors (Lipinski definition) is 5. The van der Waals surface area contributed by atoms with Gasteiger partial charge in [-0.1, -0.05) is 5.16 Å². The highest BCUT2D eigenvalue weighted by Gasteiger charge is 2.24. The first kappa shape index (κ1) is 15.3. The molecule has 0 radical (unpaired) electrons. The van der Waals surface area contributed by atoms with Crippen molar-refractivity contribution in [1.82, 2.24) is 20.4 Å². The predicted molar refractivity (Wildman–Crippen MR) is 89.9 cm³/mol. The summed E-state index contributed by atoms with van der Waals surface area (Å²) in [7, 11) is 0. The van der Waals surface area contributed by atoms with E-state index in [1.54, 1.807) is 30.6 Å². The minimum Gasteiger partial charge on any atom is -0.355 e. The Morgan fingerprint density at radius 2 is 2.24 bits per heavy atom. The zero-order chi connectivity index (χ0) is 17.2. The summed E-state index contributed by atoms with van der Waals surface area (Å²) in [5, 5.41) is 6.83. The molecule has 3 aromatic heterocycles. The van der Waals surface area contributed by atoms with Gasteiger partial charge >= 0.3 is 0 Å². The van der Waals surface area contributed by atoms with Crippen molar-refractivity contribution in [2.24, 2.45) is 0 Å². The molecule has 0 aromatic carbocycles. The van der Waals surface area contributed by atoms with Gasteiger partial charge in [-0.25, -0.2) is 0 Å². The van der Waals surface area contributed by atoms with E-state index >= 15 is 0 Å². The molecule has 1 aliphatic carbocycles. The number of amides is 1. The zero-order valence-electron chi connectivity index (χ0n) is 13.4. The van der Waals surface area contributed by atoms with Crippen LogP contribution in [0.4, 0.5) is 0 Å². The van der Waals surface area contributed by atoms with Crippen LogP contribution in [0.25, 0.3) is 11.3 Å². The van der Waals surface area contributed by atoms with Crippen molar-refractivity contribution in [2.45, 2.75) is 25.3 Å². The lowest BCUT2D eigenvalue weighted by Crippen LogP contribution is -2.32. The Morgan fingerprint density at radius 3 is 3.08 bits per heavy atom. The summed E-state index contributed by atoms with van der Waals surface area (Å²) < 4.78 is 5.25. The van der Waals surface area contributed by atoms with E-state index in [9.17, 15) is 9.59 Å². The summed E-state index contributed by atoms with van der Waals surface area (Å²) in [6.45, 7) is 0. The molecule has 1 unspecified atom stereocenters. The van der Waals surface area contributed by atoms with Gasteiger partial charge in [0.1, 0.15) is 0 Å². The van der Waals surface area contributed by atoms with E-state index in [0.717, 1.165) is 36.1 Å². The summed E-state index contributed by atoms with van der Waals surface area (Å²) in [6, 6.07) is 8.34. The number of H-pyrrole nitrogens is 1. The molecule has 126 valence electrons. The standard InChI is InChI=1S/C18H16N4O3/c23-17-7-6-12-13(20-17)4-1-5-14(12)21-18(24)15-9-16(25-22-15)11-3-2-8-19-10-11/h2-3,6-10,14H,1,4-5H2,(H,20,23)(H,21,24). The molecule has 0 fully saturated rings. The molecule has 3 aromatic rings. The van der Waals surface area contributed by atoms with Crippen LogP contribution in [0.2, 0.25) is 0 Å². The summed E-state index contributed by atoms with van der Waals surface area (Å²) in [5.41, 5.74) is 2.70. The number of aromatic amines is 1. The van der Waals surface area contributed by atoms with E-state index in [1.165, 1.54) is 6.07 Å². The van der Waals surface area contributed by atoms with Crippen LogP contribution in [0.15, 0.2) is 52.0 Å². The molecular formula is C18H16N4O3. The number of hydrogen-bond donors (Lipinski definition) is 2. The number of carbonyl (C=O) groups excluding carboxylic acids is 1. The zero-order valence-corrected chi connectivity index (χ0v) is 13.4. The maximum absolute atomic E-state index is 12.5. The molecule has 7 nitrogen and oxygen atoms in total. The normalized spacial score (nSPS) is 16.2. The highest BCUT2D eigenvalue weighted by molar-refractivity contribution is 5.93. The SMILES string of the molecule is O=C(NC1CCCc2[nH]c(=O)ccc21)c1cc(-c2cccnc2)on1. The maximum atomic E-state index is 12.5. The van der Waals surface area contributed by atoms with Crippen LogP contribution in [-0.4, -0.2) is 21.0 Å². The van der Waals surface area contributed by atoms with E-state index < -0.39 is 0 Å². The fraction of sp³-hybridized carbons (Fsp3) is 0.222. The largest absolute Gasteiger partial charge is 0.355 e. The predicted octanol–water partition coefficient (Wildman–Crippen LogP) is 2.23. The monoisotopic (exact) mass is 336 g/mol. The number of carbonyl (C=O) groups is 1. The molecule has 0 aliphatic heterocycles. The Labute approximate surface area is 143 Å². The van der Waals surface area contributed by atoms with Gasteiger partial charge in [0.05, 0.1) is 6.04 Å². The molecule has 3 heterocycles. The van der Waals surface area contributed by atoms with Crippen molar-refractivity contribution in [3.05, 3.63) is 70.0 Å². The minimum absolute atomic E-state index is 0.122. The van der Waals surface area contributed by atoms with Gasteiger partial charge in [0, 0.05) is 35.8 Å². The first-order valence-corrected chi connectivity index (χ1v) is 8.11. The quantitative estimate of drug-likeness (QED) is 0.764. The van der Waals surface area contributed by atoms with Gasteiger partial charge in [-0.05, 0) is 43.0 Å². The summed E-state index contributed by atoms with van der Waals surface area (Å²) in [4.78, 5) is 30.8. The second-order valence-corrected chi connectivity index (χ2v) is 5.99. The van der Waals surface area contributed by atoms with Crippen molar-refractivity contribution in [1.29, 1.82) is 0 Å². The number of aryl methyl sites for hydroxylation is 1. The molecule has 4 rings (SSSR count). The van der Waals surface area contributed by atoms with Crippen LogP contribution in [-0.2, 0) is 6.42 Å². The number of aromatic nitrogens is 3. The Balaban J connectivity index is 1.54. The van der Waals surface area contributed by atoms with Gasteiger partial charge in [0.15, 0.2) is 11.5 Å². The molecule has 25 heavy (non-hydrogen) atoms. The minimum atomic E-state index is -0.303. The first-order chi connectivity index (χ1) is 12.2. The van der Waals surface area contributed by atoms with Crippen LogP contribution in [0.1, 0.15) is 40.6 Å². The smallest absolute Gasteiger partial charge is 0.273 e. The van der Waals surface area contributed by atoms with Crippen molar-refractivity contribution >= 4 is 5.91 Å². The van der Waals surface area contributed by atoms with Crippen LogP contribution < -0.4 is 10.9 Å². The molecule has 1 aliphatic rings. The molecule has 0 bridgehead atoms. The molecule has 7 heteroatoms. The van der Waals surface area contributed by atoms with Gasteiger partial charge in [-0.3, -0.25) is 14.6 Å². The molecule has 1 amide bonds. The molecule has 1 atom stereocenters. The van der Waals surface area contributed by atoms with Gasteiger partial charge in [0.2, 0.25) is 5.56 Å². The molecule has 0 spiro atoms. The van der Waals surface area contributed by atoms with Gasteiger partial charge in [-0.2, -0.15) is 0 Å². The van der Waals surface area contributed by atoms with Crippen molar-refractivity contribution in [3.8, 4) is 11.3 Å². The van der Waals surface area contributed by atoms with Gasteiger partial charge < -0.3 is 14.8 Å². The number of fused-ring (bicyclic) bond motifs is 1. The first-order valence-electron chi connectivity index (χ1n) is 8.11. The fourth-order valence-electron chi connectivity index (χ4n) is 3.11. The average molecular weight is 336 g/mol. The Kier molecular flexibility index (Phi) is 3.89. The van der Waals surface area contributed by atoms with Crippen molar-refractivity contribution in [2.75, 3.05) is 0 Å². The topological polar surface area (TPSA) is 101 Å². The number of nitrogens with one attached hydrogen (secondary N) is 2. The van der Waals surface area contributed by atoms with E-state index in [4.69, 9.17) is 4.52 Å². The van der Waals surface area contributed by atoms with E-state index in [1.807, 2.05) is 6.07 Å². The number of pyridine rings is 2. The lowest BCUT2D eigenvalue weighted by molar-refractivity contribution is 0.0923. The average Bonchev–Trinajstić information content (AvgIpc) is 3.13. The molecule has 0 saturated heterocycles. The summed E-state index contributed by atoms with van der Waals surface area (Å²) >= 11 is 0. The fourth-order valence-corrected chi connectivity index (χ4v) is 3.11. The van der Waals surface area contributed by atoms with Gasteiger partial charge in [0.25, 0.3) is 5.91 Å². The molecule has 2 N–H and O–H groups in total. The van der Waals surface area contributed by atoms with E-state index in [0.29, 0.717) is 5.76 Å². The third kappa shape index (κ3) is 3.08. The third-order valence-corrected chi connectivity index (χ3v) is 4.33. The summed E-state index contributed by atoms with van der Waals surface area (Å²) in [5.74, 6) is 0.189. The van der Waals surface area contributed by atoms with Crippen LogP contribution in [0.5, 0.6) is 0 Å². The maximum Gasteiger partial charge on any atom is 0.273 e. The molecule has 0 saturated carbocycles. The Bertz CT molecular complexity index is 962. The number of rotatable bonds is 3. The second kappa shape index (κ2) is 6.35. The third-order valence-electron chi connectivity index (χ3n) is 4.33. The highest BCUT2D eigenvalue weighted by atomic mass is 16.5. The van der Waals surface area contributed by atoms with E-state index in [-0.39, 0.29) is 23.2 Å². The highest BCUT2D eigenvalue weighted by Crippen LogP contribution is 2.28. The summed E-state index contributed by atoms with van der Waals surface area (Å²) in [6.07, 6.45) is 5.84. The van der Waals surface area contributed by atoms with Crippen molar-refractivity contribution < 1.29 is 9.32 Å². The second-order valence-electron chi connectivity index (χ2n) is 5.99. The van der Waals surface area contributed by atoms with Crippen LogP contribution >= 0.6 is 0 Å².